The van der Waals surface area contributed by atoms with Gasteiger partial charge in [-0.05, 0) is 12.0 Å². The Morgan fingerprint density at radius 3 is 2.60 bits per heavy atom. The fraction of sp³-hybridized carbons (Fsp3) is 0.467. The number of hydrogen-bond acceptors (Lipinski definition) is 3. The maximum atomic E-state index is 11.7. The number of ether oxygens (including phenoxy) is 1. The molecule has 0 aromatic heterocycles. The van der Waals surface area contributed by atoms with Crippen LogP contribution >= 0.6 is 0 Å². The number of amides is 2. The van der Waals surface area contributed by atoms with Gasteiger partial charge in [0.15, 0.2) is 0 Å². The van der Waals surface area contributed by atoms with E-state index in [4.69, 9.17) is 10.5 Å². The Morgan fingerprint density at radius 1 is 1.30 bits per heavy atom. The molecule has 0 spiro atoms. The van der Waals surface area contributed by atoms with E-state index in [0.29, 0.717) is 13.0 Å². The van der Waals surface area contributed by atoms with Crippen molar-refractivity contribution in [3.8, 4) is 0 Å². The number of carbonyl (C=O) groups is 2. The zero-order valence-electron chi connectivity index (χ0n) is 11.8. The first-order chi connectivity index (χ1) is 9.63. The number of carbonyl (C=O) groups excluding carboxylic acids is 2. The third-order valence-corrected chi connectivity index (χ3v) is 2.87. The van der Waals surface area contributed by atoms with Crippen molar-refractivity contribution < 1.29 is 14.3 Å². The Balaban J connectivity index is 2.29. The van der Waals surface area contributed by atoms with Crippen LogP contribution in [0.1, 0.15) is 31.7 Å². The van der Waals surface area contributed by atoms with Crippen molar-refractivity contribution in [1.82, 2.24) is 5.32 Å². The zero-order valence-corrected chi connectivity index (χ0v) is 11.8. The van der Waals surface area contributed by atoms with Gasteiger partial charge >= 0.3 is 0 Å². The Bertz CT molecular complexity index is 420. The fourth-order valence-electron chi connectivity index (χ4n) is 1.77. The van der Waals surface area contributed by atoms with Gasteiger partial charge in [-0.25, -0.2) is 0 Å². The van der Waals surface area contributed by atoms with Gasteiger partial charge in [-0.1, -0.05) is 50.1 Å². The van der Waals surface area contributed by atoms with Crippen LogP contribution < -0.4 is 11.1 Å². The van der Waals surface area contributed by atoms with Crippen LogP contribution in [0.25, 0.3) is 0 Å². The Kier molecular flexibility index (Phi) is 7.35. The van der Waals surface area contributed by atoms with Crippen molar-refractivity contribution in [3.63, 3.8) is 0 Å². The summed E-state index contributed by atoms with van der Waals surface area (Å²) in [4.78, 5) is 22.9. The molecule has 1 aromatic carbocycles. The van der Waals surface area contributed by atoms with Gasteiger partial charge in [-0.2, -0.15) is 0 Å². The molecular formula is C15H22N2O3. The van der Waals surface area contributed by atoms with Crippen LogP contribution in [0, 0.1) is 0 Å². The molecule has 0 aliphatic carbocycles. The largest absolute Gasteiger partial charge is 0.368 e. The zero-order chi connectivity index (χ0) is 14.8. The van der Waals surface area contributed by atoms with Gasteiger partial charge in [-0.15, -0.1) is 0 Å². The van der Waals surface area contributed by atoms with Crippen LogP contribution in [0.15, 0.2) is 30.3 Å². The molecule has 0 unspecified atom stereocenters. The third-order valence-electron chi connectivity index (χ3n) is 2.87. The van der Waals surface area contributed by atoms with Gasteiger partial charge in [-0.3, -0.25) is 9.59 Å². The monoisotopic (exact) mass is 278 g/mol. The van der Waals surface area contributed by atoms with Gasteiger partial charge < -0.3 is 15.8 Å². The van der Waals surface area contributed by atoms with Gasteiger partial charge in [0.2, 0.25) is 11.8 Å². The number of primary amides is 1. The average molecular weight is 278 g/mol. The molecule has 0 saturated carbocycles. The summed E-state index contributed by atoms with van der Waals surface area (Å²) < 4.78 is 5.30. The molecule has 3 N–H and O–H groups in total. The molecule has 0 aliphatic heterocycles. The lowest BCUT2D eigenvalue weighted by atomic mass is 10.1. The van der Waals surface area contributed by atoms with Gasteiger partial charge in [0.05, 0.1) is 6.61 Å². The second-order valence-electron chi connectivity index (χ2n) is 4.64. The molecule has 1 aromatic rings. The van der Waals surface area contributed by atoms with Crippen molar-refractivity contribution in [1.29, 1.82) is 0 Å². The molecule has 0 bridgehead atoms. The van der Waals surface area contributed by atoms with Gasteiger partial charge in [0, 0.05) is 0 Å². The Labute approximate surface area is 119 Å². The SMILES string of the molecule is CCCC[C@H](NC(=O)COCc1ccccc1)C(N)=O. The standard InChI is InChI=1S/C15H22N2O3/c1-2-3-9-13(15(16)19)17-14(18)11-20-10-12-7-5-4-6-8-12/h4-8,13H,2-3,9-11H2,1H3,(H2,16,19)(H,17,18)/t13-/m0/s1. The summed E-state index contributed by atoms with van der Waals surface area (Å²) in [6.07, 6.45) is 2.36. The second kappa shape index (κ2) is 9.09. The number of rotatable bonds is 9. The molecule has 1 atom stereocenters. The van der Waals surface area contributed by atoms with E-state index in [0.717, 1.165) is 18.4 Å². The lowest BCUT2D eigenvalue weighted by molar-refractivity contribution is -0.130. The van der Waals surface area contributed by atoms with E-state index in [9.17, 15) is 9.59 Å². The summed E-state index contributed by atoms with van der Waals surface area (Å²) in [7, 11) is 0. The Morgan fingerprint density at radius 2 is 2.00 bits per heavy atom. The fourth-order valence-corrected chi connectivity index (χ4v) is 1.77. The molecular weight excluding hydrogens is 256 g/mol. The molecule has 2 amide bonds. The van der Waals surface area contributed by atoms with Crippen molar-refractivity contribution in [3.05, 3.63) is 35.9 Å². The molecule has 5 nitrogen and oxygen atoms in total. The van der Waals surface area contributed by atoms with Crippen LogP contribution in [0.2, 0.25) is 0 Å². The van der Waals surface area contributed by atoms with Crippen LogP contribution in [0.3, 0.4) is 0 Å². The van der Waals surface area contributed by atoms with Crippen molar-refractivity contribution in [2.24, 2.45) is 5.73 Å². The summed E-state index contributed by atoms with van der Waals surface area (Å²) in [5.74, 6) is -0.823. The van der Waals surface area contributed by atoms with Gasteiger partial charge in [0.1, 0.15) is 12.6 Å². The van der Waals surface area contributed by atoms with Crippen LogP contribution in [0.5, 0.6) is 0 Å². The molecule has 0 heterocycles. The number of nitrogens with two attached hydrogens (primary N) is 1. The minimum Gasteiger partial charge on any atom is -0.368 e. The maximum Gasteiger partial charge on any atom is 0.246 e. The lowest BCUT2D eigenvalue weighted by Gasteiger charge is -2.15. The molecule has 0 fully saturated rings. The van der Waals surface area contributed by atoms with E-state index < -0.39 is 11.9 Å². The van der Waals surface area contributed by atoms with E-state index >= 15 is 0 Å². The van der Waals surface area contributed by atoms with E-state index in [1.807, 2.05) is 37.3 Å². The number of nitrogens with one attached hydrogen (secondary N) is 1. The predicted octanol–water partition coefficient (Wildman–Crippen LogP) is 1.36. The first kappa shape index (κ1) is 16.2. The number of unbranched alkanes of at least 4 members (excludes halogenated alkanes) is 1. The molecule has 5 heteroatoms. The Hall–Kier alpha value is -1.88. The second-order valence-corrected chi connectivity index (χ2v) is 4.64. The van der Waals surface area contributed by atoms with E-state index in [1.165, 1.54) is 0 Å². The van der Waals surface area contributed by atoms with E-state index in [1.54, 1.807) is 0 Å². The van der Waals surface area contributed by atoms with Crippen molar-refractivity contribution in [2.45, 2.75) is 38.8 Å². The first-order valence-corrected chi connectivity index (χ1v) is 6.83. The number of hydrogen-bond donors (Lipinski definition) is 2. The molecule has 1 rings (SSSR count). The van der Waals surface area contributed by atoms with Crippen molar-refractivity contribution >= 4 is 11.8 Å². The summed E-state index contributed by atoms with van der Waals surface area (Å²) in [6.45, 7) is 2.30. The highest BCUT2D eigenvalue weighted by atomic mass is 16.5. The first-order valence-electron chi connectivity index (χ1n) is 6.83. The molecule has 0 saturated heterocycles. The molecule has 110 valence electrons. The molecule has 0 aliphatic rings. The van der Waals surface area contributed by atoms with E-state index in [2.05, 4.69) is 5.32 Å². The lowest BCUT2D eigenvalue weighted by Crippen LogP contribution is -2.45. The predicted molar refractivity (Wildman–Crippen MR) is 76.7 cm³/mol. The van der Waals surface area contributed by atoms with E-state index in [-0.39, 0.29) is 12.5 Å². The highest BCUT2D eigenvalue weighted by molar-refractivity contribution is 5.86. The summed E-state index contributed by atoms with van der Waals surface area (Å²) >= 11 is 0. The summed E-state index contributed by atoms with van der Waals surface area (Å²) in [6, 6.07) is 8.97. The topological polar surface area (TPSA) is 81.4 Å². The van der Waals surface area contributed by atoms with Crippen molar-refractivity contribution in [2.75, 3.05) is 6.61 Å². The maximum absolute atomic E-state index is 11.7. The van der Waals surface area contributed by atoms with Crippen LogP contribution in [0.4, 0.5) is 0 Å². The highest BCUT2D eigenvalue weighted by Gasteiger charge is 2.17. The third kappa shape index (κ3) is 6.33. The quantitative estimate of drug-likeness (QED) is 0.715. The van der Waals surface area contributed by atoms with Gasteiger partial charge in [0.25, 0.3) is 0 Å². The normalized spacial score (nSPS) is 11.8. The smallest absolute Gasteiger partial charge is 0.246 e. The van der Waals surface area contributed by atoms with Crippen LogP contribution in [-0.2, 0) is 20.9 Å². The minimum atomic E-state index is -0.609. The highest BCUT2D eigenvalue weighted by Crippen LogP contribution is 2.02. The van der Waals surface area contributed by atoms with Crippen LogP contribution in [-0.4, -0.2) is 24.5 Å². The summed E-state index contributed by atoms with van der Waals surface area (Å²) in [5.41, 5.74) is 6.25. The average Bonchev–Trinajstić information content (AvgIpc) is 2.44. The minimum absolute atomic E-state index is 0.0786. The molecule has 20 heavy (non-hydrogen) atoms. The number of benzene rings is 1. The molecule has 0 radical (unpaired) electrons. The summed E-state index contributed by atoms with van der Waals surface area (Å²) in [5, 5.41) is 2.60.